The van der Waals surface area contributed by atoms with Crippen molar-refractivity contribution in [2.45, 2.75) is 13.8 Å². The van der Waals surface area contributed by atoms with E-state index in [1.54, 1.807) is 6.07 Å². The predicted octanol–water partition coefficient (Wildman–Crippen LogP) is 2.54. The number of carbonyl (C=O) groups is 1. The van der Waals surface area contributed by atoms with Gasteiger partial charge in [0.2, 0.25) is 0 Å². The molecule has 2 heterocycles. The van der Waals surface area contributed by atoms with Crippen LogP contribution in [0.25, 0.3) is 0 Å². The topological polar surface area (TPSA) is 55.1 Å². The van der Waals surface area contributed by atoms with Crippen LogP contribution in [0.1, 0.15) is 21.6 Å². The molecule has 82 valence electrons. The number of nitrogens with zero attached hydrogens (tertiary/aromatic N) is 1. The minimum Gasteiger partial charge on any atom is -0.472 e. The molecule has 16 heavy (non-hydrogen) atoms. The average molecular weight is 216 g/mol. The molecule has 0 aliphatic rings. The van der Waals surface area contributed by atoms with Gasteiger partial charge in [-0.15, -0.1) is 0 Å². The van der Waals surface area contributed by atoms with E-state index in [9.17, 15) is 4.79 Å². The van der Waals surface area contributed by atoms with Gasteiger partial charge in [-0.1, -0.05) is 0 Å². The Morgan fingerprint density at radius 2 is 2.19 bits per heavy atom. The minimum atomic E-state index is -0.216. The maximum Gasteiger partial charge on any atom is 0.260 e. The Bertz CT molecular complexity index is 483. The number of hydrogen-bond donors (Lipinski definition) is 1. The Morgan fingerprint density at radius 3 is 2.81 bits per heavy atom. The van der Waals surface area contributed by atoms with Gasteiger partial charge >= 0.3 is 0 Å². The van der Waals surface area contributed by atoms with Crippen LogP contribution in [0.2, 0.25) is 0 Å². The van der Waals surface area contributed by atoms with E-state index < -0.39 is 0 Å². The van der Waals surface area contributed by atoms with E-state index in [1.165, 1.54) is 12.5 Å². The number of rotatable bonds is 2. The number of hydrogen-bond acceptors (Lipinski definition) is 3. The number of aromatic nitrogens is 1. The van der Waals surface area contributed by atoms with Crippen molar-refractivity contribution in [2.24, 2.45) is 0 Å². The number of amides is 1. The van der Waals surface area contributed by atoms with Gasteiger partial charge < -0.3 is 9.73 Å². The highest BCUT2D eigenvalue weighted by Gasteiger charge is 2.08. The third-order valence-corrected chi connectivity index (χ3v) is 2.12. The predicted molar refractivity (Wildman–Crippen MR) is 60.4 cm³/mol. The van der Waals surface area contributed by atoms with Crippen molar-refractivity contribution in [3.8, 4) is 0 Å². The third kappa shape index (κ3) is 2.28. The van der Waals surface area contributed by atoms with Crippen LogP contribution >= 0.6 is 0 Å². The molecule has 0 aromatic carbocycles. The van der Waals surface area contributed by atoms with Crippen LogP contribution in [0.3, 0.4) is 0 Å². The first-order chi connectivity index (χ1) is 7.65. The quantitative estimate of drug-likeness (QED) is 0.839. The minimum absolute atomic E-state index is 0.216. The smallest absolute Gasteiger partial charge is 0.260 e. The summed E-state index contributed by atoms with van der Waals surface area (Å²) in [5.74, 6) is 0.343. The first-order valence-electron chi connectivity index (χ1n) is 4.94. The molecule has 4 nitrogen and oxygen atoms in total. The molecule has 0 fully saturated rings. The highest BCUT2D eigenvalue weighted by atomic mass is 16.3. The molecule has 0 saturated carbocycles. The molecule has 4 heteroatoms. The Hall–Kier alpha value is -2.10. The largest absolute Gasteiger partial charge is 0.472 e. The molecule has 2 rings (SSSR count). The Labute approximate surface area is 93.3 Å². The lowest BCUT2D eigenvalue weighted by Gasteiger charge is -2.04. The number of pyridine rings is 1. The van der Waals surface area contributed by atoms with Gasteiger partial charge in [-0.2, -0.15) is 0 Å². The lowest BCUT2D eigenvalue weighted by molar-refractivity contribution is 0.102. The molecule has 0 radical (unpaired) electrons. The van der Waals surface area contributed by atoms with E-state index in [0.29, 0.717) is 11.4 Å². The fourth-order valence-corrected chi connectivity index (χ4v) is 1.49. The molecule has 0 unspecified atom stereocenters. The summed E-state index contributed by atoms with van der Waals surface area (Å²) in [5, 5.41) is 2.72. The summed E-state index contributed by atoms with van der Waals surface area (Å²) in [5.41, 5.74) is 2.43. The first-order valence-corrected chi connectivity index (χ1v) is 4.94. The van der Waals surface area contributed by atoms with Crippen molar-refractivity contribution in [2.75, 3.05) is 5.32 Å². The average Bonchev–Trinajstić information content (AvgIpc) is 2.68. The molecule has 0 saturated heterocycles. The van der Waals surface area contributed by atoms with Gasteiger partial charge in [0.05, 0.1) is 11.8 Å². The van der Waals surface area contributed by atoms with Crippen LogP contribution in [0.4, 0.5) is 5.82 Å². The van der Waals surface area contributed by atoms with Crippen LogP contribution in [-0.2, 0) is 0 Å². The molecule has 1 amide bonds. The monoisotopic (exact) mass is 216 g/mol. The van der Waals surface area contributed by atoms with Gasteiger partial charge in [0.15, 0.2) is 0 Å². The standard InChI is InChI=1S/C12H12N2O2/c1-8-5-9(2)13-11(6-8)14-12(15)10-3-4-16-7-10/h3-7H,1-2H3,(H,13,14,15). The molecule has 0 aliphatic heterocycles. The maximum absolute atomic E-state index is 11.7. The molecule has 2 aromatic rings. The molecule has 0 atom stereocenters. The van der Waals surface area contributed by atoms with Crippen molar-refractivity contribution in [1.82, 2.24) is 4.98 Å². The zero-order valence-electron chi connectivity index (χ0n) is 9.15. The lowest BCUT2D eigenvalue weighted by Crippen LogP contribution is -2.12. The van der Waals surface area contributed by atoms with E-state index in [2.05, 4.69) is 10.3 Å². The SMILES string of the molecule is Cc1cc(C)nc(NC(=O)c2ccoc2)c1. The van der Waals surface area contributed by atoms with Gasteiger partial charge in [-0.05, 0) is 37.6 Å². The summed E-state index contributed by atoms with van der Waals surface area (Å²) in [6.45, 7) is 3.85. The van der Waals surface area contributed by atoms with Crippen molar-refractivity contribution in [1.29, 1.82) is 0 Å². The maximum atomic E-state index is 11.7. The van der Waals surface area contributed by atoms with Crippen LogP contribution < -0.4 is 5.32 Å². The van der Waals surface area contributed by atoms with Crippen LogP contribution in [0.15, 0.2) is 35.1 Å². The number of aryl methyl sites for hydroxylation is 2. The van der Waals surface area contributed by atoms with Gasteiger partial charge in [0.1, 0.15) is 12.1 Å². The fraction of sp³-hybridized carbons (Fsp3) is 0.167. The zero-order chi connectivity index (χ0) is 11.5. The van der Waals surface area contributed by atoms with Crippen molar-refractivity contribution >= 4 is 11.7 Å². The Morgan fingerprint density at radius 1 is 1.38 bits per heavy atom. The lowest BCUT2D eigenvalue weighted by atomic mass is 10.2. The van der Waals surface area contributed by atoms with Gasteiger partial charge in [-0.25, -0.2) is 4.98 Å². The van der Waals surface area contributed by atoms with Crippen molar-refractivity contribution in [3.05, 3.63) is 47.5 Å². The van der Waals surface area contributed by atoms with Gasteiger partial charge in [0, 0.05) is 5.69 Å². The Balaban J connectivity index is 2.18. The highest BCUT2D eigenvalue weighted by Crippen LogP contribution is 2.10. The van der Waals surface area contributed by atoms with Crippen LogP contribution in [-0.4, -0.2) is 10.9 Å². The normalized spacial score (nSPS) is 10.1. The summed E-state index contributed by atoms with van der Waals surface area (Å²) < 4.78 is 4.84. The number of furan rings is 1. The van der Waals surface area contributed by atoms with Crippen molar-refractivity contribution in [3.63, 3.8) is 0 Å². The molecule has 0 aliphatic carbocycles. The number of anilines is 1. The summed E-state index contributed by atoms with van der Waals surface area (Å²) in [6.07, 6.45) is 2.86. The summed E-state index contributed by atoms with van der Waals surface area (Å²) in [6, 6.07) is 5.39. The van der Waals surface area contributed by atoms with E-state index in [1.807, 2.05) is 26.0 Å². The van der Waals surface area contributed by atoms with Crippen molar-refractivity contribution < 1.29 is 9.21 Å². The molecular weight excluding hydrogens is 204 g/mol. The molecular formula is C12H12N2O2. The summed E-state index contributed by atoms with van der Waals surface area (Å²) in [7, 11) is 0. The van der Waals surface area contributed by atoms with Crippen LogP contribution in [0, 0.1) is 13.8 Å². The van der Waals surface area contributed by atoms with Gasteiger partial charge in [0.25, 0.3) is 5.91 Å². The molecule has 0 bridgehead atoms. The molecule has 2 aromatic heterocycles. The molecule has 0 spiro atoms. The second-order valence-corrected chi connectivity index (χ2v) is 3.64. The van der Waals surface area contributed by atoms with Gasteiger partial charge in [-0.3, -0.25) is 4.79 Å². The van der Waals surface area contributed by atoms with E-state index in [4.69, 9.17) is 4.42 Å². The second-order valence-electron chi connectivity index (χ2n) is 3.64. The Kier molecular flexibility index (Phi) is 2.72. The van der Waals surface area contributed by atoms with E-state index >= 15 is 0 Å². The zero-order valence-corrected chi connectivity index (χ0v) is 9.15. The fourth-order valence-electron chi connectivity index (χ4n) is 1.49. The summed E-state index contributed by atoms with van der Waals surface area (Å²) >= 11 is 0. The highest BCUT2D eigenvalue weighted by molar-refractivity contribution is 6.03. The third-order valence-electron chi connectivity index (χ3n) is 2.12. The van der Waals surface area contributed by atoms with E-state index in [0.717, 1.165) is 11.3 Å². The first kappa shape index (κ1) is 10.4. The van der Waals surface area contributed by atoms with E-state index in [-0.39, 0.29) is 5.91 Å². The second kappa shape index (κ2) is 4.18. The summed E-state index contributed by atoms with van der Waals surface area (Å²) in [4.78, 5) is 15.9. The molecule has 1 N–H and O–H groups in total. The van der Waals surface area contributed by atoms with Crippen LogP contribution in [0.5, 0.6) is 0 Å². The number of carbonyl (C=O) groups excluding carboxylic acids is 1. The number of nitrogens with one attached hydrogen (secondary N) is 1.